The number of ether oxygens (including phenoxy) is 1. The molecular formula is C11H16N2O2. The first-order valence-electron chi connectivity index (χ1n) is 4.79. The average molecular weight is 208 g/mol. The van der Waals surface area contributed by atoms with E-state index in [4.69, 9.17) is 10.5 Å². The van der Waals surface area contributed by atoms with Crippen LogP contribution in [-0.2, 0) is 11.3 Å². The molecule has 1 aromatic rings. The van der Waals surface area contributed by atoms with Crippen LogP contribution in [0.3, 0.4) is 0 Å². The average Bonchev–Trinajstić information content (AvgIpc) is 2.26. The summed E-state index contributed by atoms with van der Waals surface area (Å²) in [7, 11) is 1.61. The van der Waals surface area contributed by atoms with Gasteiger partial charge in [-0.25, -0.2) is 0 Å². The fraction of sp³-hybridized carbons (Fsp3) is 0.364. The first-order valence-corrected chi connectivity index (χ1v) is 4.79. The Kier molecular flexibility index (Phi) is 4.12. The molecule has 0 heterocycles. The Balaban J connectivity index is 2.54. The van der Waals surface area contributed by atoms with Crippen molar-refractivity contribution in [1.82, 2.24) is 5.32 Å². The molecular weight excluding hydrogens is 192 g/mol. The lowest BCUT2D eigenvalue weighted by Crippen LogP contribution is -2.37. The van der Waals surface area contributed by atoms with Crippen molar-refractivity contribution in [1.29, 1.82) is 0 Å². The van der Waals surface area contributed by atoms with E-state index in [-0.39, 0.29) is 5.91 Å². The topological polar surface area (TPSA) is 64.3 Å². The van der Waals surface area contributed by atoms with Gasteiger partial charge in [0, 0.05) is 6.54 Å². The second-order valence-electron chi connectivity index (χ2n) is 3.36. The van der Waals surface area contributed by atoms with Gasteiger partial charge in [-0.1, -0.05) is 12.1 Å². The first kappa shape index (κ1) is 11.5. The smallest absolute Gasteiger partial charge is 0.236 e. The number of methoxy groups -OCH3 is 1. The van der Waals surface area contributed by atoms with Crippen LogP contribution in [0.1, 0.15) is 12.5 Å². The van der Waals surface area contributed by atoms with Crippen LogP contribution in [0.4, 0.5) is 0 Å². The molecule has 1 aromatic carbocycles. The molecule has 0 saturated carbocycles. The number of hydrogen-bond donors (Lipinski definition) is 2. The Morgan fingerprint density at radius 1 is 1.60 bits per heavy atom. The van der Waals surface area contributed by atoms with Crippen molar-refractivity contribution in [2.45, 2.75) is 19.5 Å². The zero-order chi connectivity index (χ0) is 11.3. The van der Waals surface area contributed by atoms with Crippen molar-refractivity contribution in [3.63, 3.8) is 0 Å². The summed E-state index contributed by atoms with van der Waals surface area (Å²) in [5.41, 5.74) is 6.41. The van der Waals surface area contributed by atoms with E-state index in [1.165, 1.54) is 0 Å². The molecule has 1 amide bonds. The van der Waals surface area contributed by atoms with Gasteiger partial charge in [-0.3, -0.25) is 4.79 Å². The number of benzene rings is 1. The van der Waals surface area contributed by atoms with Crippen LogP contribution in [0.2, 0.25) is 0 Å². The maximum Gasteiger partial charge on any atom is 0.236 e. The van der Waals surface area contributed by atoms with Gasteiger partial charge in [0.2, 0.25) is 5.91 Å². The molecule has 3 N–H and O–H groups in total. The predicted molar refractivity (Wildman–Crippen MR) is 58.5 cm³/mol. The third kappa shape index (κ3) is 3.59. The highest BCUT2D eigenvalue weighted by molar-refractivity contribution is 5.80. The molecule has 4 nitrogen and oxygen atoms in total. The summed E-state index contributed by atoms with van der Waals surface area (Å²) in [4.78, 5) is 11.2. The van der Waals surface area contributed by atoms with Crippen LogP contribution < -0.4 is 15.8 Å². The van der Waals surface area contributed by atoms with Gasteiger partial charge in [0.15, 0.2) is 0 Å². The molecule has 0 unspecified atom stereocenters. The fourth-order valence-corrected chi connectivity index (χ4v) is 1.13. The number of nitrogens with one attached hydrogen (secondary N) is 1. The highest BCUT2D eigenvalue weighted by Crippen LogP contribution is 2.11. The minimum atomic E-state index is -0.476. The van der Waals surface area contributed by atoms with Crippen molar-refractivity contribution >= 4 is 5.91 Å². The molecule has 0 aliphatic heterocycles. The van der Waals surface area contributed by atoms with Crippen LogP contribution >= 0.6 is 0 Å². The first-order chi connectivity index (χ1) is 7.13. The molecule has 82 valence electrons. The minimum absolute atomic E-state index is 0.155. The van der Waals surface area contributed by atoms with Gasteiger partial charge < -0.3 is 15.8 Å². The molecule has 4 heteroatoms. The number of carbonyl (C=O) groups excluding carboxylic acids is 1. The summed E-state index contributed by atoms with van der Waals surface area (Å²) in [6.07, 6.45) is 0. The van der Waals surface area contributed by atoms with Gasteiger partial charge in [-0.2, -0.15) is 0 Å². The van der Waals surface area contributed by atoms with E-state index < -0.39 is 6.04 Å². The summed E-state index contributed by atoms with van der Waals surface area (Å²) in [5.74, 6) is 0.625. The molecule has 0 saturated heterocycles. The molecule has 0 aliphatic carbocycles. The number of nitrogens with two attached hydrogens (primary N) is 1. The van der Waals surface area contributed by atoms with Crippen LogP contribution in [0, 0.1) is 0 Å². The third-order valence-electron chi connectivity index (χ3n) is 2.01. The molecule has 0 aliphatic rings. The largest absolute Gasteiger partial charge is 0.497 e. The molecule has 0 aromatic heterocycles. The normalized spacial score (nSPS) is 11.9. The minimum Gasteiger partial charge on any atom is -0.497 e. The molecule has 0 spiro atoms. The van der Waals surface area contributed by atoms with Crippen molar-refractivity contribution in [2.24, 2.45) is 5.73 Å². The number of rotatable bonds is 4. The second-order valence-corrected chi connectivity index (χ2v) is 3.36. The lowest BCUT2D eigenvalue weighted by molar-refractivity contribution is -0.122. The lowest BCUT2D eigenvalue weighted by atomic mass is 10.2. The van der Waals surface area contributed by atoms with Crippen LogP contribution in [0.15, 0.2) is 24.3 Å². The van der Waals surface area contributed by atoms with Crippen LogP contribution in [0.5, 0.6) is 5.75 Å². The second kappa shape index (κ2) is 5.36. The predicted octanol–water partition coefficient (Wildman–Crippen LogP) is 0.659. The standard InChI is InChI=1S/C11H16N2O2/c1-8(12)11(14)13-7-9-4-3-5-10(6-9)15-2/h3-6,8H,7,12H2,1-2H3,(H,13,14)/t8-/m0/s1. The Morgan fingerprint density at radius 3 is 2.93 bits per heavy atom. The van der Waals surface area contributed by atoms with E-state index in [1.807, 2.05) is 24.3 Å². The Hall–Kier alpha value is -1.55. The van der Waals surface area contributed by atoms with E-state index in [0.717, 1.165) is 11.3 Å². The number of amides is 1. The van der Waals surface area contributed by atoms with Gasteiger partial charge >= 0.3 is 0 Å². The Morgan fingerprint density at radius 2 is 2.33 bits per heavy atom. The van der Waals surface area contributed by atoms with Gasteiger partial charge in [0.1, 0.15) is 5.75 Å². The number of hydrogen-bond acceptors (Lipinski definition) is 3. The van der Waals surface area contributed by atoms with E-state index in [0.29, 0.717) is 6.54 Å². The quantitative estimate of drug-likeness (QED) is 0.764. The summed E-state index contributed by atoms with van der Waals surface area (Å²) >= 11 is 0. The lowest BCUT2D eigenvalue weighted by Gasteiger charge is -2.08. The Labute approximate surface area is 89.4 Å². The molecule has 0 fully saturated rings. The molecule has 0 radical (unpaired) electrons. The summed E-state index contributed by atoms with van der Waals surface area (Å²) in [5, 5.41) is 2.73. The van der Waals surface area contributed by atoms with E-state index in [1.54, 1.807) is 14.0 Å². The number of carbonyl (C=O) groups is 1. The Bertz CT molecular complexity index is 337. The van der Waals surface area contributed by atoms with E-state index in [9.17, 15) is 4.79 Å². The van der Waals surface area contributed by atoms with E-state index >= 15 is 0 Å². The summed E-state index contributed by atoms with van der Waals surface area (Å²) < 4.78 is 5.07. The van der Waals surface area contributed by atoms with Gasteiger partial charge in [-0.15, -0.1) is 0 Å². The molecule has 15 heavy (non-hydrogen) atoms. The van der Waals surface area contributed by atoms with Crippen molar-refractivity contribution in [2.75, 3.05) is 7.11 Å². The zero-order valence-corrected chi connectivity index (χ0v) is 8.99. The van der Waals surface area contributed by atoms with Crippen molar-refractivity contribution in [3.8, 4) is 5.75 Å². The molecule has 0 bridgehead atoms. The summed E-state index contributed by atoms with van der Waals surface area (Å²) in [6.45, 7) is 2.12. The van der Waals surface area contributed by atoms with Gasteiger partial charge in [0.05, 0.1) is 13.2 Å². The maximum absolute atomic E-state index is 11.2. The van der Waals surface area contributed by atoms with Crippen molar-refractivity contribution < 1.29 is 9.53 Å². The monoisotopic (exact) mass is 208 g/mol. The maximum atomic E-state index is 11.2. The summed E-state index contributed by atoms with van der Waals surface area (Å²) in [6, 6.07) is 7.06. The molecule has 1 atom stereocenters. The highest BCUT2D eigenvalue weighted by atomic mass is 16.5. The van der Waals surface area contributed by atoms with E-state index in [2.05, 4.69) is 5.32 Å². The van der Waals surface area contributed by atoms with Crippen LogP contribution in [0.25, 0.3) is 0 Å². The third-order valence-corrected chi connectivity index (χ3v) is 2.01. The van der Waals surface area contributed by atoms with Crippen molar-refractivity contribution in [3.05, 3.63) is 29.8 Å². The highest BCUT2D eigenvalue weighted by Gasteiger charge is 2.06. The van der Waals surface area contributed by atoms with Gasteiger partial charge in [-0.05, 0) is 24.6 Å². The SMILES string of the molecule is COc1cccc(CNC(=O)[C@H](C)N)c1. The zero-order valence-electron chi connectivity index (χ0n) is 8.99. The van der Waals surface area contributed by atoms with Crippen LogP contribution in [-0.4, -0.2) is 19.1 Å². The fourth-order valence-electron chi connectivity index (χ4n) is 1.13. The van der Waals surface area contributed by atoms with Gasteiger partial charge in [0.25, 0.3) is 0 Å². The molecule has 1 rings (SSSR count).